The summed E-state index contributed by atoms with van der Waals surface area (Å²) in [4.78, 5) is 14.2. The van der Waals surface area contributed by atoms with Crippen molar-refractivity contribution < 1.29 is 4.79 Å². The van der Waals surface area contributed by atoms with Crippen LogP contribution in [0.5, 0.6) is 0 Å². The second-order valence-electron chi connectivity index (χ2n) is 5.94. The molecule has 0 aliphatic rings. The van der Waals surface area contributed by atoms with Gasteiger partial charge in [-0.3, -0.25) is 4.79 Å². The molecule has 0 bridgehead atoms. The van der Waals surface area contributed by atoms with E-state index in [1.807, 2.05) is 42.5 Å². The Hall–Kier alpha value is -1.84. The number of amides is 1. The molecule has 0 radical (unpaired) electrons. The van der Waals surface area contributed by atoms with Gasteiger partial charge in [0.05, 0.1) is 6.04 Å². The van der Waals surface area contributed by atoms with E-state index in [1.165, 1.54) is 5.56 Å². The number of hydrogen-bond acceptors (Lipinski definition) is 2. The van der Waals surface area contributed by atoms with E-state index in [-0.39, 0.29) is 18.3 Å². The third kappa shape index (κ3) is 5.08. The largest absolute Gasteiger partial charge is 0.320 e. The maximum absolute atomic E-state index is 12.5. The van der Waals surface area contributed by atoms with Crippen LogP contribution in [0.3, 0.4) is 0 Å². The fraction of sp³-hybridized carbons (Fsp3) is 0.316. The van der Waals surface area contributed by atoms with Gasteiger partial charge in [0.1, 0.15) is 0 Å². The van der Waals surface area contributed by atoms with Crippen molar-refractivity contribution in [2.75, 3.05) is 11.9 Å². The van der Waals surface area contributed by atoms with Gasteiger partial charge in [0.25, 0.3) is 0 Å². The van der Waals surface area contributed by atoms with Crippen LogP contribution in [-0.2, 0) is 11.2 Å². The molecular formula is C19H25ClN2O. The molecule has 3 nitrogen and oxygen atoms in total. The summed E-state index contributed by atoms with van der Waals surface area (Å²) in [6, 6.07) is 17.4. The number of rotatable bonds is 5. The highest BCUT2D eigenvalue weighted by molar-refractivity contribution is 5.96. The Labute approximate surface area is 144 Å². The zero-order valence-electron chi connectivity index (χ0n) is 13.9. The molecule has 2 aromatic carbocycles. The highest BCUT2D eigenvalue weighted by Crippen LogP contribution is 2.21. The third-order valence-corrected chi connectivity index (χ3v) is 3.87. The third-order valence-electron chi connectivity index (χ3n) is 3.87. The van der Waals surface area contributed by atoms with Crippen LogP contribution in [0.4, 0.5) is 5.69 Å². The Bertz CT molecular complexity index is 628. The van der Waals surface area contributed by atoms with Gasteiger partial charge in [0.15, 0.2) is 0 Å². The van der Waals surface area contributed by atoms with Crippen molar-refractivity contribution in [2.45, 2.75) is 32.2 Å². The van der Waals surface area contributed by atoms with Gasteiger partial charge in [0.2, 0.25) is 5.91 Å². The van der Waals surface area contributed by atoms with E-state index in [0.717, 1.165) is 11.3 Å². The van der Waals surface area contributed by atoms with Gasteiger partial charge in [-0.15, -0.1) is 12.4 Å². The zero-order valence-corrected chi connectivity index (χ0v) is 14.7. The first kappa shape index (κ1) is 19.2. The lowest BCUT2D eigenvalue weighted by Gasteiger charge is -2.22. The second kappa shape index (κ2) is 8.70. The van der Waals surface area contributed by atoms with Gasteiger partial charge in [-0.2, -0.15) is 0 Å². The zero-order chi connectivity index (χ0) is 16.1. The first-order valence-electron chi connectivity index (χ1n) is 7.66. The molecule has 0 heterocycles. The number of halogens is 1. The topological polar surface area (TPSA) is 46.3 Å². The van der Waals surface area contributed by atoms with Gasteiger partial charge in [-0.05, 0) is 35.6 Å². The van der Waals surface area contributed by atoms with E-state index in [1.54, 1.807) is 11.9 Å². The summed E-state index contributed by atoms with van der Waals surface area (Å²) >= 11 is 0. The van der Waals surface area contributed by atoms with Crippen LogP contribution in [-0.4, -0.2) is 19.0 Å². The van der Waals surface area contributed by atoms with Crippen molar-refractivity contribution in [3.63, 3.8) is 0 Å². The van der Waals surface area contributed by atoms with E-state index >= 15 is 0 Å². The molecule has 0 unspecified atom stereocenters. The molecule has 1 atom stereocenters. The van der Waals surface area contributed by atoms with Gasteiger partial charge in [-0.25, -0.2) is 0 Å². The number of benzene rings is 2. The fourth-order valence-electron chi connectivity index (χ4n) is 2.42. The summed E-state index contributed by atoms with van der Waals surface area (Å²) in [7, 11) is 1.78. The lowest BCUT2D eigenvalue weighted by atomic mass is 10.0. The Kier molecular flexibility index (Phi) is 7.27. The Morgan fingerprint density at radius 1 is 1.09 bits per heavy atom. The molecule has 124 valence electrons. The molecule has 0 aliphatic carbocycles. The predicted octanol–water partition coefficient (Wildman–Crippen LogP) is 3.76. The van der Waals surface area contributed by atoms with Crippen LogP contribution < -0.4 is 10.6 Å². The van der Waals surface area contributed by atoms with E-state index in [9.17, 15) is 4.79 Å². The smallest absolute Gasteiger partial charge is 0.243 e. The molecule has 0 fully saturated rings. The molecule has 0 aliphatic heterocycles. The van der Waals surface area contributed by atoms with Crippen molar-refractivity contribution in [1.29, 1.82) is 0 Å². The number of hydrogen-bond donors (Lipinski definition) is 1. The van der Waals surface area contributed by atoms with Crippen LogP contribution >= 0.6 is 12.4 Å². The average molecular weight is 333 g/mol. The second-order valence-corrected chi connectivity index (χ2v) is 5.94. The first-order valence-corrected chi connectivity index (χ1v) is 7.66. The number of nitrogens with two attached hydrogens (primary N) is 1. The summed E-state index contributed by atoms with van der Waals surface area (Å²) in [6.45, 7) is 4.28. The maximum Gasteiger partial charge on any atom is 0.243 e. The van der Waals surface area contributed by atoms with E-state index < -0.39 is 6.04 Å². The SMILES string of the molecule is CC(C)c1cccc(N(C)C(=O)[C@@H](N)Cc2ccccc2)c1.Cl. The van der Waals surface area contributed by atoms with Crippen molar-refractivity contribution in [1.82, 2.24) is 0 Å². The van der Waals surface area contributed by atoms with Crippen LogP contribution in [0.1, 0.15) is 30.9 Å². The summed E-state index contributed by atoms with van der Waals surface area (Å²) in [5.41, 5.74) is 9.28. The molecule has 1 amide bonds. The van der Waals surface area contributed by atoms with E-state index in [0.29, 0.717) is 12.3 Å². The van der Waals surface area contributed by atoms with Gasteiger partial charge in [-0.1, -0.05) is 56.3 Å². The van der Waals surface area contributed by atoms with Crippen molar-refractivity contribution in [2.24, 2.45) is 5.73 Å². The molecule has 0 saturated heterocycles. The average Bonchev–Trinajstić information content (AvgIpc) is 2.54. The van der Waals surface area contributed by atoms with Crippen LogP contribution in [0.25, 0.3) is 0 Å². The molecule has 4 heteroatoms. The molecule has 2 rings (SSSR count). The van der Waals surface area contributed by atoms with Crippen molar-refractivity contribution in [3.05, 3.63) is 65.7 Å². The Balaban J connectivity index is 0.00000264. The standard InChI is InChI=1S/C19H24N2O.ClH/c1-14(2)16-10-7-11-17(13-16)21(3)19(22)18(20)12-15-8-5-4-6-9-15;/h4-11,13-14,18H,12,20H2,1-3H3;1H/t18-;/m0./s1. The molecule has 23 heavy (non-hydrogen) atoms. The minimum absolute atomic E-state index is 0. The molecule has 2 aromatic rings. The molecule has 0 saturated carbocycles. The number of anilines is 1. The van der Waals surface area contributed by atoms with E-state index in [2.05, 4.69) is 26.0 Å². The number of likely N-dealkylation sites (N-methyl/N-ethyl adjacent to an activating group) is 1. The van der Waals surface area contributed by atoms with Crippen LogP contribution in [0, 0.1) is 0 Å². The maximum atomic E-state index is 12.5. The summed E-state index contributed by atoms with van der Waals surface area (Å²) in [5.74, 6) is 0.367. The van der Waals surface area contributed by atoms with Crippen molar-refractivity contribution in [3.8, 4) is 0 Å². The molecule has 0 spiro atoms. The molecule has 0 aromatic heterocycles. The summed E-state index contributed by atoms with van der Waals surface area (Å²) in [6.07, 6.45) is 0.549. The highest BCUT2D eigenvalue weighted by Gasteiger charge is 2.20. The van der Waals surface area contributed by atoms with Gasteiger partial charge in [0, 0.05) is 12.7 Å². The van der Waals surface area contributed by atoms with Crippen molar-refractivity contribution >= 4 is 24.0 Å². The van der Waals surface area contributed by atoms with E-state index in [4.69, 9.17) is 5.73 Å². The summed E-state index contributed by atoms with van der Waals surface area (Å²) < 4.78 is 0. The number of carbonyl (C=O) groups is 1. The summed E-state index contributed by atoms with van der Waals surface area (Å²) in [5, 5.41) is 0. The lowest BCUT2D eigenvalue weighted by Crippen LogP contribution is -2.43. The van der Waals surface area contributed by atoms with Gasteiger partial charge >= 0.3 is 0 Å². The molecular weight excluding hydrogens is 308 g/mol. The number of nitrogens with zero attached hydrogens (tertiary/aromatic N) is 1. The predicted molar refractivity (Wildman–Crippen MR) is 99.3 cm³/mol. The number of carbonyl (C=O) groups excluding carboxylic acids is 1. The van der Waals surface area contributed by atoms with Crippen LogP contribution in [0.15, 0.2) is 54.6 Å². The quantitative estimate of drug-likeness (QED) is 0.906. The Morgan fingerprint density at radius 2 is 1.74 bits per heavy atom. The lowest BCUT2D eigenvalue weighted by molar-refractivity contribution is -0.119. The fourth-order valence-corrected chi connectivity index (χ4v) is 2.42. The monoisotopic (exact) mass is 332 g/mol. The molecule has 2 N–H and O–H groups in total. The van der Waals surface area contributed by atoms with Gasteiger partial charge < -0.3 is 10.6 Å². The first-order chi connectivity index (χ1) is 10.5. The van der Waals surface area contributed by atoms with Crippen LogP contribution in [0.2, 0.25) is 0 Å². The normalized spacial score (nSPS) is 11.7. The minimum atomic E-state index is -0.532. The minimum Gasteiger partial charge on any atom is -0.320 e. The highest BCUT2D eigenvalue weighted by atomic mass is 35.5. The Morgan fingerprint density at radius 3 is 2.35 bits per heavy atom.